The van der Waals surface area contributed by atoms with Gasteiger partial charge in [0.1, 0.15) is 0 Å². The van der Waals surface area contributed by atoms with Gasteiger partial charge in [-0.25, -0.2) is 0 Å². The van der Waals surface area contributed by atoms with Gasteiger partial charge in [-0.3, -0.25) is 0 Å². The lowest BCUT2D eigenvalue weighted by atomic mass is 9.89. The van der Waals surface area contributed by atoms with Gasteiger partial charge in [-0.1, -0.05) is 5.16 Å². The third-order valence-electron chi connectivity index (χ3n) is 2.53. The molecule has 2 aliphatic heterocycles. The van der Waals surface area contributed by atoms with Crippen LogP contribution in [-0.2, 0) is 9.57 Å². The summed E-state index contributed by atoms with van der Waals surface area (Å²) < 4.78 is 5.52. The first-order chi connectivity index (χ1) is 5.22. The van der Waals surface area contributed by atoms with Crippen LogP contribution in [0, 0.1) is 5.92 Å². The predicted molar refractivity (Wildman–Crippen MR) is 41.3 cm³/mol. The number of oxime groups is 1. The van der Waals surface area contributed by atoms with Gasteiger partial charge in [0.15, 0.2) is 0 Å². The zero-order chi connectivity index (χ0) is 7.90. The van der Waals surface area contributed by atoms with E-state index in [4.69, 9.17) is 9.57 Å². The monoisotopic (exact) mass is 155 g/mol. The molecule has 0 amide bonds. The zero-order valence-electron chi connectivity index (χ0n) is 6.96. The number of hydrogen-bond acceptors (Lipinski definition) is 3. The van der Waals surface area contributed by atoms with Crippen molar-refractivity contribution in [3.05, 3.63) is 0 Å². The molecule has 1 fully saturated rings. The standard InChI is InChI=1S/C8H13NO2/c1-6-7-4-3-5-10-8(7,2)11-9-6/h7H,3-5H2,1-2H3. The zero-order valence-corrected chi connectivity index (χ0v) is 6.96. The highest BCUT2D eigenvalue weighted by Gasteiger charge is 2.46. The SMILES string of the molecule is CC1=NOC2(C)OCCCC12. The van der Waals surface area contributed by atoms with E-state index in [1.165, 1.54) is 0 Å². The van der Waals surface area contributed by atoms with Gasteiger partial charge in [0, 0.05) is 6.92 Å². The Hall–Kier alpha value is -0.570. The number of hydrogen-bond donors (Lipinski definition) is 0. The molecule has 0 radical (unpaired) electrons. The first-order valence-corrected chi connectivity index (χ1v) is 4.09. The van der Waals surface area contributed by atoms with Gasteiger partial charge < -0.3 is 9.57 Å². The van der Waals surface area contributed by atoms with Crippen molar-refractivity contribution in [2.75, 3.05) is 6.61 Å². The van der Waals surface area contributed by atoms with Crippen molar-refractivity contribution in [1.29, 1.82) is 0 Å². The topological polar surface area (TPSA) is 30.8 Å². The summed E-state index contributed by atoms with van der Waals surface area (Å²) in [5.74, 6) is -0.0567. The smallest absolute Gasteiger partial charge is 0.242 e. The molecule has 3 nitrogen and oxygen atoms in total. The van der Waals surface area contributed by atoms with E-state index >= 15 is 0 Å². The molecule has 1 saturated heterocycles. The summed E-state index contributed by atoms with van der Waals surface area (Å²) in [6.45, 7) is 4.78. The maximum absolute atomic E-state index is 5.52. The lowest BCUT2D eigenvalue weighted by molar-refractivity contribution is -0.246. The van der Waals surface area contributed by atoms with E-state index in [9.17, 15) is 0 Å². The van der Waals surface area contributed by atoms with E-state index in [0.29, 0.717) is 5.92 Å². The molecule has 0 bridgehead atoms. The molecular weight excluding hydrogens is 142 g/mol. The summed E-state index contributed by atoms with van der Waals surface area (Å²) in [5, 5.41) is 3.94. The number of nitrogens with zero attached hydrogens (tertiary/aromatic N) is 1. The van der Waals surface area contributed by atoms with E-state index < -0.39 is 5.79 Å². The predicted octanol–water partition coefficient (Wildman–Crippen LogP) is 1.54. The highest BCUT2D eigenvalue weighted by molar-refractivity contribution is 5.85. The maximum atomic E-state index is 5.52. The Morgan fingerprint density at radius 2 is 2.45 bits per heavy atom. The van der Waals surface area contributed by atoms with Crippen LogP contribution in [0.2, 0.25) is 0 Å². The molecule has 11 heavy (non-hydrogen) atoms. The molecule has 0 aromatic rings. The first-order valence-electron chi connectivity index (χ1n) is 4.09. The van der Waals surface area contributed by atoms with Crippen molar-refractivity contribution in [2.45, 2.75) is 32.5 Å². The highest BCUT2D eigenvalue weighted by atomic mass is 16.8. The summed E-state index contributed by atoms with van der Waals surface area (Å²) in [4.78, 5) is 5.22. The molecule has 2 unspecified atom stereocenters. The molecule has 62 valence electrons. The molecule has 0 aromatic carbocycles. The fourth-order valence-corrected chi connectivity index (χ4v) is 1.83. The maximum Gasteiger partial charge on any atom is 0.242 e. The number of ether oxygens (including phenoxy) is 1. The van der Waals surface area contributed by atoms with Crippen LogP contribution in [-0.4, -0.2) is 18.1 Å². The van der Waals surface area contributed by atoms with Crippen LogP contribution in [0.4, 0.5) is 0 Å². The van der Waals surface area contributed by atoms with E-state index in [1.54, 1.807) is 0 Å². The fraction of sp³-hybridized carbons (Fsp3) is 0.875. The third-order valence-corrected chi connectivity index (χ3v) is 2.53. The van der Waals surface area contributed by atoms with E-state index in [2.05, 4.69) is 5.16 Å². The van der Waals surface area contributed by atoms with Gasteiger partial charge in [0.25, 0.3) is 0 Å². The van der Waals surface area contributed by atoms with Crippen LogP contribution in [0.5, 0.6) is 0 Å². The van der Waals surface area contributed by atoms with Gasteiger partial charge >= 0.3 is 0 Å². The lowest BCUT2D eigenvalue weighted by Gasteiger charge is -2.33. The lowest BCUT2D eigenvalue weighted by Crippen LogP contribution is -2.41. The largest absolute Gasteiger partial charge is 0.360 e. The molecule has 0 saturated carbocycles. The molecule has 3 heteroatoms. The Balaban J connectivity index is 2.20. The van der Waals surface area contributed by atoms with Gasteiger partial charge in [0.05, 0.1) is 18.2 Å². The first kappa shape index (κ1) is 7.10. The van der Waals surface area contributed by atoms with Gasteiger partial charge in [-0.2, -0.15) is 0 Å². The minimum Gasteiger partial charge on any atom is -0.360 e. The van der Waals surface area contributed by atoms with Crippen LogP contribution < -0.4 is 0 Å². The molecule has 0 N–H and O–H groups in total. The molecule has 2 atom stereocenters. The Labute approximate surface area is 66.4 Å². The summed E-state index contributed by atoms with van der Waals surface area (Å²) >= 11 is 0. The average molecular weight is 155 g/mol. The number of fused-ring (bicyclic) bond motifs is 1. The Kier molecular flexibility index (Phi) is 1.42. The second-order valence-corrected chi connectivity index (χ2v) is 3.38. The molecule has 2 aliphatic rings. The average Bonchev–Trinajstić information content (AvgIpc) is 2.29. The minimum atomic E-state index is -0.442. The summed E-state index contributed by atoms with van der Waals surface area (Å²) in [6.07, 6.45) is 2.27. The molecule has 0 aliphatic carbocycles. The van der Waals surface area contributed by atoms with Crippen molar-refractivity contribution in [3.8, 4) is 0 Å². The van der Waals surface area contributed by atoms with Crippen LogP contribution in [0.1, 0.15) is 26.7 Å². The van der Waals surface area contributed by atoms with Crippen LogP contribution in [0.3, 0.4) is 0 Å². The molecule has 2 rings (SSSR count). The second kappa shape index (κ2) is 2.21. The van der Waals surface area contributed by atoms with Gasteiger partial charge in [-0.15, -0.1) is 0 Å². The third kappa shape index (κ3) is 0.948. The fourth-order valence-electron chi connectivity index (χ4n) is 1.83. The Morgan fingerprint density at radius 3 is 3.18 bits per heavy atom. The van der Waals surface area contributed by atoms with Crippen LogP contribution in [0.25, 0.3) is 0 Å². The van der Waals surface area contributed by atoms with Gasteiger partial charge in [-0.05, 0) is 19.8 Å². The van der Waals surface area contributed by atoms with Crippen molar-refractivity contribution < 1.29 is 9.57 Å². The summed E-state index contributed by atoms with van der Waals surface area (Å²) in [6, 6.07) is 0. The Morgan fingerprint density at radius 1 is 1.64 bits per heavy atom. The highest BCUT2D eigenvalue weighted by Crippen LogP contribution is 2.37. The Bertz CT molecular complexity index is 202. The van der Waals surface area contributed by atoms with E-state index in [-0.39, 0.29) is 0 Å². The minimum absolute atomic E-state index is 0.385. The number of rotatable bonds is 0. The molecule has 0 spiro atoms. The van der Waals surface area contributed by atoms with Crippen molar-refractivity contribution in [1.82, 2.24) is 0 Å². The van der Waals surface area contributed by atoms with Crippen molar-refractivity contribution >= 4 is 5.71 Å². The molecular formula is C8H13NO2. The van der Waals surface area contributed by atoms with Crippen molar-refractivity contribution in [2.24, 2.45) is 11.1 Å². The van der Waals surface area contributed by atoms with E-state index in [0.717, 1.165) is 25.2 Å². The summed E-state index contributed by atoms with van der Waals surface area (Å²) in [5.41, 5.74) is 1.08. The van der Waals surface area contributed by atoms with Crippen LogP contribution >= 0.6 is 0 Å². The molecule has 0 aromatic heterocycles. The van der Waals surface area contributed by atoms with Crippen molar-refractivity contribution in [3.63, 3.8) is 0 Å². The summed E-state index contributed by atoms with van der Waals surface area (Å²) in [7, 11) is 0. The van der Waals surface area contributed by atoms with Crippen LogP contribution in [0.15, 0.2) is 5.16 Å². The second-order valence-electron chi connectivity index (χ2n) is 3.38. The van der Waals surface area contributed by atoms with Gasteiger partial charge in [0.2, 0.25) is 5.79 Å². The quantitative estimate of drug-likeness (QED) is 0.531. The van der Waals surface area contributed by atoms with E-state index in [1.807, 2.05) is 13.8 Å². The molecule has 2 heterocycles. The normalized spacial score (nSPS) is 42.7.